The van der Waals surface area contributed by atoms with E-state index in [2.05, 4.69) is 37.8 Å². The van der Waals surface area contributed by atoms with Gasteiger partial charge in [0.15, 0.2) is 5.82 Å². The molecule has 2 heterocycles. The van der Waals surface area contributed by atoms with Gasteiger partial charge in [-0.15, -0.1) is 11.8 Å². The van der Waals surface area contributed by atoms with Gasteiger partial charge in [0.05, 0.1) is 5.25 Å². The summed E-state index contributed by atoms with van der Waals surface area (Å²) >= 11 is 3.94. The maximum atomic E-state index is 6.04. The molecule has 1 fully saturated rings. The Labute approximate surface area is 123 Å². The van der Waals surface area contributed by atoms with Gasteiger partial charge in [0, 0.05) is 28.7 Å². The van der Waals surface area contributed by atoms with E-state index in [-0.39, 0.29) is 6.04 Å². The monoisotopic (exact) mass is 301 g/mol. The zero-order valence-corrected chi connectivity index (χ0v) is 13.6. The maximum absolute atomic E-state index is 6.04. The lowest BCUT2D eigenvalue weighted by atomic mass is 10.0. The third-order valence-electron chi connectivity index (χ3n) is 3.59. The molecule has 2 N–H and O–H groups in total. The van der Waals surface area contributed by atoms with Crippen molar-refractivity contribution < 1.29 is 4.52 Å². The van der Waals surface area contributed by atoms with Crippen LogP contribution in [-0.4, -0.2) is 32.4 Å². The van der Waals surface area contributed by atoms with Crippen molar-refractivity contribution in [1.82, 2.24) is 10.1 Å². The standard InChI is InChI=1S/C13H23N3OS2/c1-7(2)10(14)5-12-15-13(16-17-12)11-6-18-8(3)9(4)19-11/h7-11H,5-6,14H2,1-4H3. The lowest BCUT2D eigenvalue weighted by Gasteiger charge is -2.29. The molecular formula is C13H23N3OS2. The lowest BCUT2D eigenvalue weighted by Crippen LogP contribution is -2.28. The summed E-state index contributed by atoms with van der Waals surface area (Å²) < 4.78 is 5.34. The van der Waals surface area contributed by atoms with Crippen molar-refractivity contribution >= 4 is 23.5 Å². The summed E-state index contributed by atoms with van der Waals surface area (Å²) in [7, 11) is 0. The van der Waals surface area contributed by atoms with E-state index in [1.165, 1.54) is 0 Å². The molecule has 0 aromatic carbocycles. The summed E-state index contributed by atoms with van der Waals surface area (Å²) in [6.45, 7) is 8.77. The molecule has 0 amide bonds. The van der Waals surface area contributed by atoms with E-state index in [1.807, 2.05) is 23.5 Å². The highest BCUT2D eigenvalue weighted by Crippen LogP contribution is 2.43. The van der Waals surface area contributed by atoms with E-state index >= 15 is 0 Å². The van der Waals surface area contributed by atoms with E-state index in [0.29, 0.717) is 34.0 Å². The van der Waals surface area contributed by atoms with Crippen molar-refractivity contribution in [2.24, 2.45) is 11.7 Å². The van der Waals surface area contributed by atoms with Gasteiger partial charge in [0.2, 0.25) is 5.89 Å². The first-order valence-electron chi connectivity index (χ1n) is 6.82. The Kier molecular flexibility index (Phi) is 5.20. The average Bonchev–Trinajstić information content (AvgIpc) is 2.81. The molecule has 0 radical (unpaired) electrons. The van der Waals surface area contributed by atoms with Crippen LogP contribution in [0.4, 0.5) is 0 Å². The summed E-state index contributed by atoms with van der Waals surface area (Å²) in [6.07, 6.45) is 0.668. The van der Waals surface area contributed by atoms with E-state index in [4.69, 9.17) is 10.3 Å². The predicted octanol–water partition coefficient (Wildman–Crippen LogP) is 2.89. The van der Waals surface area contributed by atoms with Crippen molar-refractivity contribution in [2.75, 3.05) is 5.75 Å². The largest absolute Gasteiger partial charge is 0.339 e. The number of hydrogen-bond donors (Lipinski definition) is 1. The summed E-state index contributed by atoms with van der Waals surface area (Å²) in [4.78, 5) is 4.52. The second-order valence-electron chi connectivity index (χ2n) is 5.53. The predicted molar refractivity (Wildman–Crippen MR) is 82.5 cm³/mol. The van der Waals surface area contributed by atoms with E-state index < -0.39 is 0 Å². The number of hydrogen-bond acceptors (Lipinski definition) is 6. The van der Waals surface area contributed by atoms with Crippen molar-refractivity contribution in [1.29, 1.82) is 0 Å². The van der Waals surface area contributed by atoms with Crippen molar-refractivity contribution in [3.8, 4) is 0 Å². The van der Waals surface area contributed by atoms with E-state index in [1.54, 1.807) is 0 Å². The molecule has 1 aliphatic heterocycles. The molecule has 1 aromatic heterocycles. The minimum atomic E-state index is 0.0839. The number of thioether (sulfide) groups is 2. The third kappa shape index (κ3) is 3.89. The fourth-order valence-electron chi connectivity index (χ4n) is 1.84. The average molecular weight is 301 g/mol. The molecule has 108 valence electrons. The highest BCUT2D eigenvalue weighted by Gasteiger charge is 2.30. The van der Waals surface area contributed by atoms with Gasteiger partial charge in [-0.25, -0.2) is 0 Å². The number of aromatic nitrogens is 2. The van der Waals surface area contributed by atoms with Crippen molar-refractivity contribution in [3.63, 3.8) is 0 Å². The summed E-state index contributed by atoms with van der Waals surface area (Å²) in [5, 5.41) is 5.81. The van der Waals surface area contributed by atoms with Crippen LogP contribution in [0.3, 0.4) is 0 Å². The Morgan fingerprint density at radius 1 is 1.37 bits per heavy atom. The molecule has 6 heteroatoms. The minimum absolute atomic E-state index is 0.0839. The summed E-state index contributed by atoms with van der Waals surface area (Å²) in [6, 6.07) is 0.0839. The molecule has 1 saturated heterocycles. The molecule has 1 aliphatic rings. The molecule has 19 heavy (non-hydrogen) atoms. The molecule has 0 aliphatic carbocycles. The second kappa shape index (κ2) is 6.50. The van der Waals surface area contributed by atoms with Crippen molar-refractivity contribution in [2.45, 2.75) is 55.9 Å². The summed E-state index contributed by atoms with van der Waals surface area (Å²) in [5.74, 6) is 3.00. The Balaban J connectivity index is 1.97. The van der Waals surface area contributed by atoms with Crippen LogP contribution in [0, 0.1) is 5.92 Å². The zero-order chi connectivity index (χ0) is 14.0. The van der Waals surface area contributed by atoms with Crippen LogP contribution < -0.4 is 5.73 Å². The van der Waals surface area contributed by atoms with Crippen LogP contribution in [0.5, 0.6) is 0 Å². The third-order valence-corrected chi connectivity index (χ3v) is 6.98. The van der Waals surface area contributed by atoms with E-state index in [0.717, 1.165) is 11.6 Å². The molecule has 1 aromatic rings. The van der Waals surface area contributed by atoms with Gasteiger partial charge >= 0.3 is 0 Å². The fourth-order valence-corrected chi connectivity index (χ4v) is 4.67. The first-order chi connectivity index (χ1) is 8.97. The van der Waals surface area contributed by atoms with Gasteiger partial charge in [0.25, 0.3) is 0 Å². The molecular weight excluding hydrogens is 278 g/mol. The fraction of sp³-hybridized carbons (Fsp3) is 0.846. The van der Waals surface area contributed by atoms with Gasteiger partial charge in [-0.1, -0.05) is 32.9 Å². The van der Waals surface area contributed by atoms with Crippen molar-refractivity contribution in [3.05, 3.63) is 11.7 Å². The highest BCUT2D eigenvalue weighted by atomic mass is 32.2. The number of nitrogens with two attached hydrogens (primary N) is 1. The number of rotatable bonds is 4. The minimum Gasteiger partial charge on any atom is -0.339 e. The maximum Gasteiger partial charge on any atom is 0.228 e. The van der Waals surface area contributed by atoms with Crippen LogP contribution in [0.2, 0.25) is 0 Å². The molecule has 0 bridgehead atoms. The normalized spacial score (nSPS) is 29.7. The summed E-state index contributed by atoms with van der Waals surface area (Å²) in [5.41, 5.74) is 6.04. The Morgan fingerprint density at radius 2 is 2.11 bits per heavy atom. The Hall–Kier alpha value is -0.200. The van der Waals surface area contributed by atoms with Crippen LogP contribution >= 0.6 is 23.5 Å². The smallest absolute Gasteiger partial charge is 0.228 e. The van der Waals surface area contributed by atoms with Crippen LogP contribution in [0.25, 0.3) is 0 Å². The first kappa shape index (κ1) is 15.2. The van der Waals surface area contributed by atoms with Crippen LogP contribution in [-0.2, 0) is 6.42 Å². The van der Waals surface area contributed by atoms with Gasteiger partial charge in [-0.05, 0) is 5.92 Å². The molecule has 4 nitrogen and oxygen atoms in total. The van der Waals surface area contributed by atoms with Gasteiger partial charge < -0.3 is 10.3 Å². The Bertz CT molecular complexity index is 410. The quantitative estimate of drug-likeness (QED) is 0.922. The van der Waals surface area contributed by atoms with Gasteiger partial charge in [-0.3, -0.25) is 0 Å². The molecule has 4 unspecified atom stereocenters. The second-order valence-corrected chi connectivity index (χ2v) is 8.52. The van der Waals surface area contributed by atoms with Gasteiger partial charge in [0.1, 0.15) is 0 Å². The van der Waals surface area contributed by atoms with Crippen LogP contribution in [0.1, 0.15) is 44.7 Å². The molecule has 0 saturated carbocycles. The lowest BCUT2D eigenvalue weighted by molar-refractivity contribution is 0.349. The van der Waals surface area contributed by atoms with Gasteiger partial charge in [-0.2, -0.15) is 16.7 Å². The molecule has 4 atom stereocenters. The van der Waals surface area contributed by atoms with Crippen LogP contribution in [0.15, 0.2) is 4.52 Å². The highest BCUT2D eigenvalue weighted by molar-refractivity contribution is 8.07. The SMILES string of the molecule is CC(C)C(N)Cc1nc(C2CSC(C)C(C)S2)no1. The number of nitrogens with zero attached hydrogens (tertiary/aromatic N) is 2. The Morgan fingerprint density at radius 3 is 2.74 bits per heavy atom. The first-order valence-corrected chi connectivity index (χ1v) is 8.81. The molecule has 2 rings (SSSR count). The topological polar surface area (TPSA) is 64.9 Å². The zero-order valence-electron chi connectivity index (χ0n) is 12.0. The molecule has 0 spiro atoms. The van der Waals surface area contributed by atoms with E-state index in [9.17, 15) is 0 Å².